The molecule has 0 spiro atoms. The lowest BCUT2D eigenvalue weighted by Gasteiger charge is -2.34. The molecular formula is C22H28N4O4. The fourth-order valence-corrected chi connectivity index (χ4v) is 3.99. The molecule has 2 fully saturated rings. The SMILES string of the molecule is COCC(=O)N1CCO[C@H](c2cc(C(=O)N3CCN(C)CC3)c3ccccc3n2)C1. The molecule has 4 rings (SSSR count). The predicted octanol–water partition coefficient (Wildman–Crippen LogP) is 1.17. The highest BCUT2D eigenvalue weighted by atomic mass is 16.5. The van der Waals surface area contributed by atoms with Gasteiger partial charge in [-0.15, -0.1) is 0 Å². The Morgan fingerprint density at radius 3 is 2.67 bits per heavy atom. The third-order valence-corrected chi connectivity index (χ3v) is 5.77. The van der Waals surface area contributed by atoms with Crippen LogP contribution < -0.4 is 0 Å². The van der Waals surface area contributed by atoms with E-state index in [1.165, 1.54) is 7.11 Å². The summed E-state index contributed by atoms with van der Waals surface area (Å²) in [4.78, 5) is 36.3. The van der Waals surface area contributed by atoms with Crippen LogP contribution in [0.25, 0.3) is 10.9 Å². The Morgan fingerprint density at radius 1 is 1.13 bits per heavy atom. The molecule has 1 atom stereocenters. The average Bonchev–Trinajstić information content (AvgIpc) is 2.78. The van der Waals surface area contributed by atoms with E-state index in [4.69, 9.17) is 14.5 Å². The minimum absolute atomic E-state index is 0.0195. The van der Waals surface area contributed by atoms with Gasteiger partial charge in [-0.1, -0.05) is 18.2 Å². The Balaban J connectivity index is 1.65. The van der Waals surface area contributed by atoms with E-state index >= 15 is 0 Å². The Morgan fingerprint density at radius 2 is 1.90 bits per heavy atom. The molecule has 0 unspecified atom stereocenters. The molecule has 2 aliphatic rings. The maximum absolute atomic E-state index is 13.4. The van der Waals surface area contributed by atoms with Gasteiger partial charge in [0.25, 0.3) is 5.91 Å². The first kappa shape index (κ1) is 20.7. The number of morpholine rings is 1. The van der Waals surface area contributed by atoms with Gasteiger partial charge >= 0.3 is 0 Å². The first-order valence-corrected chi connectivity index (χ1v) is 10.3. The molecule has 8 heteroatoms. The molecule has 2 aliphatic heterocycles. The number of hydrogen-bond donors (Lipinski definition) is 0. The molecule has 2 amide bonds. The third-order valence-electron chi connectivity index (χ3n) is 5.77. The number of carbonyl (C=O) groups is 2. The monoisotopic (exact) mass is 412 g/mol. The van der Waals surface area contributed by atoms with Crippen LogP contribution in [0.4, 0.5) is 0 Å². The Labute approximate surface area is 176 Å². The van der Waals surface area contributed by atoms with Gasteiger partial charge in [-0.3, -0.25) is 9.59 Å². The van der Waals surface area contributed by atoms with E-state index in [2.05, 4.69) is 11.9 Å². The summed E-state index contributed by atoms with van der Waals surface area (Å²) in [5.41, 5.74) is 2.08. The first-order chi connectivity index (χ1) is 14.6. The molecule has 1 aromatic carbocycles. The number of rotatable bonds is 4. The maximum Gasteiger partial charge on any atom is 0.254 e. The van der Waals surface area contributed by atoms with Crippen molar-refractivity contribution in [2.24, 2.45) is 0 Å². The second kappa shape index (κ2) is 9.07. The van der Waals surface area contributed by atoms with E-state index in [9.17, 15) is 9.59 Å². The molecular weight excluding hydrogens is 384 g/mol. The maximum atomic E-state index is 13.4. The summed E-state index contributed by atoms with van der Waals surface area (Å²) in [6.45, 7) is 4.55. The van der Waals surface area contributed by atoms with Crippen LogP contribution in [0.1, 0.15) is 22.2 Å². The van der Waals surface area contributed by atoms with E-state index in [1.54, 1.807) is 4.90 Å². The van der Waals surface area contributed by atoms with Crippen LogP contribution in [0, 0.1) is 0 Å². The molecule has 0 saturated carbocycles. The second-order valence-corrected chi connectivity index (χ2v) is 7.84. The van der Waals surface area contributed by atoms with Crippen LogP contribution in [-0.4, -0.2) is 98.1 Å². The van der Waals surface area contributed by atoms with E-state index in [0.29, 0.717) is 44.0 Å². The van der Waals surface area contributed by atoms with Crippen molar-refractivity contribution in [1.82, 2.24) is 19.7 Å². The number of fused-ring (bicyclic) bond motifs is 1. The zero-order valence-corrected chi connectivity index (χ0v) is 17.5. The van der Waals surface area contributed by atoms with Gasteiger partial charge in [0.05, 0.1) is 29.9 Å². The summed E-state index contributed by atoms with van der Waals surface area (Å²) in [6.07, 6.45) is -0.372. The van der Waals surface area contributed by atoms with Gasteiger partial charge in [0.15, 0.2) is 0 Å². The standard InChI is InChI=1S/C22H28N4O4/c1-24-7-9-25(10-8-24)22(28)17-13-19(23-18-6-4-3-5-16(17)18)20-14-26(11-12-30-20)21(27)15-29-2/h3-6,13,20H,7-12,14-15H2,1-2H3/t20-/m0/s1. The highest BCUT2D eigenvalue weighted by Crippen LogP contribution is 2.27. The largest absolute Gasteiger partial charge is 0.375 e. The Kier molecular flexibility index (Phi) is 6.26. The van der Waals surface area contributed by atoms with Gasteiger partial charge in [0.2, 0.25) is 5.91 Å². The molecule has 3 heterocycles. The van der Waals surface area contributed by atoms with E-state index < -0.39 is 0 Å². The van der Waals surface area contributed by atoms with Crippen LogP contribution in [0.15, 0.2) is 30.3 Å². The highest BCUT2D eigenvalue weighted by molar-refractivity contribution is 6.06. The van der Waals surface area contributed by atoms with Crippen molar-refractivity contribution in [2.45, 2.75) is 6.10 Å². The molecule has 0 radical (unpaired) electrons. The summed E-state index contributed by atoms with van der Waals surface area (Å²) in [6, 6.07) is 9.53. The predicted molar refractivity (Wildman–Crippen MR) is 112 cm³/mol. The van der Waals surface area contributed by atoms with Gasteiger partial charge in [-0.25, -0.2) is 4.98 Å². The summed E-state index contributed by atoms with van der Waals surface area (Å²) >= 11 is 0. The van der Waals surface area contributed by atoms with E-state index in [0.717, 1.165) is 24.0 Å². The first-order valence-electron chi connectivity index (χ1n) is 10.3. The summed E-state index contributed by atoms with van der Waals surface area (Å²) in [7, 11) is 3.58. The zero-order valence-electron chi connectivity index (χ0n) is 17.5. The van der Waals surface area contributed by atoms with Gasteiger partial charge in [-0.05, 0) is 19.2 Å². The molecule has 0 bridgehead atoms. The van der Waals surface area contributed by atoms with Crippen LogP contribution in [0.5, 0.6) is 0 Å². The van der Waals surface area contributed by atoms with Crippen LogP contribution in [-0.2, 0) is 14.3 Å². The van der Waals surface area contributed by atoms with Gasteiger partial charge in [0, 0.05) is 45.2 Å². The number of carbonyl (C=O) groups excluding carboxylic acids is 2. The number of benzene rings is 1. The molecule has 2 saturated heterocycles. The van der Waals surface area contributed by atoms with Gasteiger partial charge in [-0.2, -0.15) is 0 Å². The number of piperazine rings is 1. The second-order valence-electron chi connectivity index (χ2n) is 7.84. The molecule has 2 aromatic rings. The number of pyridine rings is 1. The number of methoxy groups -OCH3 is 1. The summed E-state index contributed by atoms with van der Waals surface area (Å²) < 4.78 is 10.9. The highest BCUT2D eigenvalue weighted by Gasteiger charge is 2.29. The van der Waals surface area contributed by atoms with Gasteiger partial charge in [0.1, 0.15) is 12.7 Å². The third kappa shape index (κ3) is 4.30. The average molecular weight is 412 g/mol. The molecule has 0 N–H and O–H groups in total. The lowest BCUT2D eigenvalue weighted by atomic mass is 10.0. The number of aromatic nitrogens is 1. The van der Waals surface area contributed by atoms with Crippen LogP contribution in [0.2, 0.25) is 0 Å². The topological polar surface area (TPSA) is 75.2 Å². The smallest absolute Gasteiger partial charge is 0.254 e. The lowest BCUT2D eigenvalue weighted by Crippen LogP contribution is -2.47. The van der Waals surface area contributed by atoms with E-state index in [-0.39, 0.29) is 24.5 Å². The van der Waals surface area contributed by atoms with Crippen molar-refractivity contribution in [3.8, 4) is 0 Å². The zero-order chi connectivity index (χ0) is 21.1. The van der Waals surface area contributed by atoms with Crippen molar-refractivity contribution in [3.05, 3.63) is 41.6 Å². The number of amides is 2. The molecule has 30 heavy (non-hydrogen) atoms. The van der Waals surface area contributed by atoms with Crippen molar-refractivity contribution in [2.75, 3.05) is 66.6 Å². The van der Waals surface area contributed by atoms with Gasteiger partial charge < -0.3 is 24.2 Å². The summed E-state index contributed by atoms with van der Waals surface area (Å²) in [5, 5.41) is 0.841. The Bertz CT molecular complexity index is 926. The normalized spacial score (nSPS) is 20.5. The van der Waals surface area contributed by atoms with E-state index in [1.807, 2.05) is 35.2 Å². The van der Waals surface area contributed by atoms with Crippen molar-refractivity contribution >= 4 is 22.7 Å². The molecule has 160 valence electrons. The quantitative estimate of drug-likeness (QED) is 0.751. The number of hydrogen-bond acceptors (Lipinski definition) is 6. The number of para-hydroxylation sites is 1. The number of ether oxygens (including phenoxy) is 2. The molecule has 0 aliphatic carbocycles. The minimum atomic E-state index is -0.372. The molecule has 1 aromatic heterocycles. The number of likely N-dealkylation sites (N-methyl/N-ethyl adjacent to an activating group) is 1. The summed E-state index contributed by atoms with van der Waals surface area (Å²) in [5.74, 6) is -0.0496. The Hall–Kier alpha value is -2.55. The lowest BCUT2D eigenvalue weighted by molar-refractivity contribution is -0.143. The van der Waals surface area contributed by atoms with Crippen molar-refractivity contribution < 1.29 is 19.1 Å². The fourth-order valence-electron chi connectivity index (χ4n) is 3.99. The van der Waals surface area contributed by atoms with Crippen molar-refractivity contribution in [3.63, 3.8) is 0 Å². The van der Waals surface area contributed by atoms with Crippen LogP contribution >= 0.6 is 0 Å². The van der Waals surface area contributed by atoms with Crippen molar-refractivity contribution in [1.29, 1.82) is 0 Å². The number of nitrogens with zero attached hydrogens (tertiary/aromatic N) is 4. The van der Waals surface area contributed by atoms with Crippen LogP contribution in [0.3, 0.4) is 0 Å². The fraction of sp³-hybridized carbons (Fsp3) is 0.500. The molecule has 8 nitrogen and oxygen atoms in total. The minimum Gasteiger partial charge on any atom is -0.375 e.